The first kappa shape index (κ1) is 31.4. The van der Waals surface area contributed by atoms with Gasteiger partial charge in [-0.3, -0.25) is 9.59 Å². The van der Waals surface area contributed by atoms with Crippen LogP contribution < -0.4 is 20.1 Å². The molecule has 2 atom stereocenters. The molecule has 2 amide bonds. The molecule has 0 radical (unpaired) electrons. The highest BCUT2D eigenvalue weighted by atomic mass is 16.5. The number of rotatable bonds is 12. The van der Waals surface area contributed by atoms with E-state index in [1.807, 2.05) is 97.1 Å². The lowest BCUT2D eigenvalue weighted by Gasteiger charge is -2.16. The Kier molecular flexibility index (Phi) is 10.6. The zero-order chi connectivity index (χ0) is 30.9. The van der Waals surface area contributed by atoms with Crippen LogP contribution in [0.3, 0.4) is 0 Å². The molecule has 4 rings (SSSR count). The third kappa shape index (κ3) is 9.20. The summed E-state index contributed by atoms with van der Waals surface area (Å²) in [7, 11) is 0. The van der Waals surface area contributed by atoms with Crippen molar-refractivity contribution < 1.29 is 19.1 Å². The summed E-state index contributed by atoms with van der Waals surface area (Å²) in [6.45, 7) is 12.0. The van der Waals surface area contributed by atoms with Gasteiger partial charge in [-0.05, 0) is 103 Å². The lowest BCUT2D eigenvalue weighted by Crippen LogP contribution is -2.30. The van der Waals surface area contributed by atoms with E-state index < -0.39 is 12.2 Å². The monoisotopic (exact) mass is 578 g/mol. The molecule has 43 heavy (non-hydrogen) atoms. The molecular weight excluding hydrogens is 536 g/mol. The van der Waals surface area contributed by atoms with E-state index in [1.165, 1.54) is 11.1 Å². The zero-order valence-corrected chi connectivity index (χ0v) is 25.9. The molecule has 0 fully saturated rings. The van der Waals surface area contributed by atoms with Crippen LogP contribution in [0.4, 0.5) is 11.4 Å². The second kappa shape index (κ2) is 14.5. The van der Waals surface area contributed by atoms with E-state index in [0.29, 0.717) is 34.7 Å². The summed E-state index contributed by atoms with van der Waals surface area (Å²) in [4.78, 5) is 25.3. The molecule has 0 aliphatic rings. The predicted molar refractivity (Wildman–Crippen MR) is 174 cm³/mol. The van der Waals surface area contributed by atoms with Crippen molar-refractivity contribution in [3.8, 4) is 11.5 Å². The summed E-state index contributed by atoms with van der Waals surface area (Å²) >= 11 is 0. The van der Waals surface area contributed by atoms with Crippen molar-refractivity contribution in [1.29, 1.82) is 0 Å². The first-order valence-electron chi connectivity index (χ1n) is 14.9. The van der Waals surface area contributed by atoms with Crippen LogP contribution in [0.1, 0.15) is 75.6 Å². The van der Waals surface area contributed by atoms with Gasteiger partial charge in [0.1, 0.15) is 11.5 Å². The van der Waals surface area contributed by atoms with Crippen LogP contribution in [0.25, 0.3) is 0 Å². The van der Waals surface area contributed by atoms with Crippen molar-refractivity contribution in [2.24, 2.45) is 0 Å². The summed E-state index contributed by atoms with van der Waals surface area (Å²) in [6.07, 6.45) is -0.538. The molecule has 0 aromatic heterocycles. The molecule has 0 heterocycles. The maximum absolute atomic E-state index is 12.7. The van der Waals surface area contributed by atoms with E-state index in [9.17, 15) is 9.59 Å². The third-order valence-corrected chi connectivity index (χ3v) is 7.31. The van der Waals surface area contributed by atoms with Gasteiger partial charge in [-0.2, -0.15) is 0 Å². The van der Waals surface area contributed by atoms with Gasteiger partial charge < -0.3 is 20.1 Å². The molecule has 0 aliphatic heterocycles. The molecule has 0 aliphatic carbocycles. The van der Waals surface area contributed by atoms with Crippen LogP contribution in [0.5, 0.6) is 11.5 Å². The number of carbonyl (C=O) groups excluding carboxylic acids is 2. The predicted octanol–water partition coefficient (Wildman–Crippen LogP) is 8.34. The van der Waals surface area contributed by atoms with E-state index in [1.54, 1.807) is 13.8 Å². The number of benzene rings is 4. The molecule has 0 saturated heterocycles. The average Bonchev–Trinajstić information content (AvgIpc) is 2.99. The smallest absolute Gasteiger partial charge is 0.265 e. The molecule has 2 N–H and O–H groups in total. The van der Waals surface area contributed by atoms with E-state index >= 15 is 0 Å². The molecule has 224 valence electrons. The van der Waals surface area contributed by atoms with Gasteiger partial charge in [0.25, 0.3) is 11.8 Å². The summed E-state index contributed by atoms with van der Waals surface area (Å²) in [6, 6.07) is 31.2. The quantitative estimate of drug-likeness (QED) is 0.177. The van der Waals surface area contributed by atoms with Crippen LogP contribution in [-0.2, 0) is 16.0 Å². The van der Waals surface area contributed by atoms with Gasteiger partial charge in [-0.25, -0.2) is 0 Å². The Morgan fingerprint density at radius 2 is 0.837 bits per heavy atom. The minimum absolute atomic E-state index is 0.206. The Morgan fingerprint density at radius 3 is 1.14 bits per heavy atom. The van der Waals surface area contributed by atoms with Crippen molar-refractivity contribution in [1.82, 2.24) is 0 Å². The lowest BCUT2D eigenvalue weighted by molar-refractivity contribution is -0.122. The third-order valence-electron chi connectivity index (χ3n) is 7.31. The van der Waals surface area contributed by atoms with Crippen LogP contribution in [-0.4, -0.2) is 24.0 Å². The highest BCUT2D eigenvalue weighted by molar-refractivity contribution is 5.94. The van der Waals surface area contributed by atoms with Gasteiger partial charge in [0.05, 0.1) is 0 Å². The van der Waals surface area contributed by atoms with Crippen molar-refractivity contribution in [3.05, 3.63) is 119 Å². The Hall–Kier alpha value is -4.58. The van der Waals surface area contributed by atoms with Gasteiger partial charge in [0.15, 0.2) is 12.2 Å². The molecule has 6 heteroatoms. The largest absolute Gasteiger partial charge is 0.481 e. The number of hydrogen-bond donors (Lipinski definition) is 2. The van der Waals surface area contributed by atoms with Crippen molar-refractivity contribution >= 4 is 23.2 Å². The standard InChI is InChI=1S/C37H42N2O4/c1-24(2)30-11-19-34(20-12-30)42-26(5)36(40)38-32-15-7-28(8-16-32)23-29-9-17-33(18-10-29)39-37(41)27(6)43-35-21-13-31(14-22-35)25(3)4/h7-22,24-27H,23H2,1-6H3,(H,38,40)(H,39,41). The number of amides is 2. The molecule has 0 bridgehead atoms. The molecular formula is C37H42N2O4. The van der Waals surface area contributed by atoms with Gasteiger partial charge in [0.2, 0.25) is 0 Å². The zero-order valence-electron chi connectivity index (χ0n) is 25.9. The topological polar surface area (TPSA) is 76.7 Å². The summed E-state index contributed by atoms with van der Waals surface area (Å²) in [5, 5.41) is 5.85. The van der Waals surface area contributed by atoms with Gasteiger partial charge in [-0.1, -0.05) is 76.2 Å². The van der Waals surface area contributed by atoms with Crippen LogP contribution >= 0.6 is 0 Å². The summed E-state index contributed by atoms with van der Waals surface area (Å²) < 4.78 is 11.6. The average molecular weight is 579 g/mol. The maximum atomic E-state index is 12.7. The molecule has 2 unspecified atom stereocenters. The first-order valence-corrected chi connectivity index (χ1v) is 14.9. The number of carbonyl (C=O) groups is 2. The number of nitrogens with one attached hydrogen (secondary N) is 2. The Balaban J connectivity index is 1.24. The molecule has 0 spiro atoms. The second-order valence-corrected chi connectivity index (χ2v) is 11.5. The van der Waals surface area contributed by atoms with Gasteiger partial charge >= 0.3 is 0 Å². The molecule has 4 aromatic carbocycles. The van der Waals surface area contributed by atoms with E-state index in [-0.39, 0.29) is 11.8 Å². The highest BCUT2D eigenvalue weighted by Gasteiger charge is 2.16. The molecule has 6 nitrogen and oxygen atoms in total. The Morgan fingerprint density at radius 1 is 0.512 bits per heavy atom. The van der Waals surface area contributed by atoms with E-state index in [4.69, 9.17) is 9.47 Å². The normalized spacial score (nSPS) is 12.5. The summed E-state index contributed by atoms with van der Waals surface area (Å²) in [5.74, 6) is 1.81. The van der Waals surface area contributed by atoms with Crippen LogP contribution in [0.2, 0.25) is 0 Å². The van der Waals surface area contributed by atoms with Crippen LogP contribution in [0, 0.1) is 0 Å². The van der Waals surface area contributed by atoms with Crippen molar-refractivity contribution in [2.75, 3.05) is 10.6 Å². The van der Waals surface area contributed by atoms with E-state index in [2.05, 4.69) is 38.3 Å². The fraction of sp³-hybridized carbons (Fsp3) is 0.297. The fourth-order valence-corrected chi connectivity index (χ4v) is 4.51. The number of anilines is 2. The van der Waals surface area contributed by atoms with Gasteiger partial charge in [0, 0.05) is 11.4 Å². The highest BCUT2D eigenvalue weighted by Crippen LogP contribution is 2.22. The van der Waals surface area contributed by atoms with Crippen molar-refractivity contribution in [3.63, 3.8) is 0 Å². The molecule has 4 aromatic rings. The number of ether oxygens (including phenoxy) is 2. The minimum atomic E-state index is -0.630. The summed E-state index contributed by atoms with van der Waals surface area (Å²) in [5.41, 5.74) is 6.09. The number of hydrogen-bond acceptors (Lipinski definition) is 4. The second-order valence-electron chi connectivity index (χ2n) is 11.5. The van der Waals surface area contributed by atoms with Crippen LogP contribution in [0.15, 0.2) is 97.1 Å². The van der Waals surface area contributed by atoms with Gasteiger partial charge in [-0.15, -0.1) is 0 Å². The fourth-order valence-electron chi connectivity index (χ4n) is 4.51. The van der Waals surface area contributed by atoms with Crippen molar-refractivity contribution in [2.45, 2.75) is 72.0 Å². The Bertz CT molecular complexity index is 1360. The molecule has 0 saturated carbocycles. The SMILES string of the molecule is CC(Oc1ccc(C(C)C)cc1)C(=O)Nc1ccc(Cc2ccc(NC(=O)C(C)Oc3ccc(C(C)C)cc3)cc2)cc1. The minimum Gasteiger partial charge on any atom is -0.481 e. The van der Waals surface area contributed by atoms with E-state index in [0.717, 1.165) is 17.5 Å². The maximum Gasteiger partial charge on any atom is 0.265 e. The lowest BCUT2D eigenvalue weighted by atomic mass is 10.0. The Labute approximate surface area is 255 Å². The first-order chi connectivity index (χ1) is 20.6.